The third-order valence-corrected chi connectivity index (χ3v) is 5.23. The normalized spacial score (nSPS) is 22.4. The van der Waals surface area contributed by atoms with Crippen LogP contribution in [0.1, 0.15) is 29.1 Å². The lowest BCUT2D eigenvalue weighted by molar-refractivity contribution is 0.0673. The van der Waals surface area contributed by atoms with E-state index in [4.69, 9.17) is 4.74 Å². The molecule has 0 spiro atoms. The van der Waals surface area contributed by atoms with Crippen molar-refractivity contribution in [1.82, 2.24) is 0 Å². The van der Waals surface area contributed by atoms with Crippen molar-refractivity contribution < 1.29 is 9.84 Å². The van der Waals surface area contributed by atoms with Crippen LogP contribution in [0.4, 0.5) is 0 Å². The zero-order chi connectivity index (χ0) is 12.7. The average Bonchev–Trinajstić information content (AvgIpc) is 2.75. The fraction of sp³-hybridized carbons (Fsp3) is 0.231. The number of aliphatic hydroxyl groups excluding tert-OH is 1. The summed E-state index contributed by atoms with van der Waals surface area (Å²) in [4.78, 5) is 1.13. The van der Waals surface area contributed by atoms with E-state index < -0.39 is 6.10 Å². The van der Waals surface area contributed by atoms with Gasteiger partial charge in [-0.3, -0.25) is 0 Å². The van der Waals surface area contributed by atoms with Crippen molar-refractivity contribution in [2.75, 3.05) is 0 Å². The van der Waals surface area contributed by atoms with E-state index in [-0.39, 0.29) is 6.10 Å². The van der Waals surface area contributed by atoms with Gasteiger partial charge in [-0.2, -0.15) is 0 Å². The Morgan fingerprint density at radius 1 is 1.22 bits per heavy atom. The highest BCUT2D eigenvalue weighted by Gasteiger charge is 2.28. The van der Waals surface area contributed by atoms with E-state index in [1.54, 1.807) is 11.3 Å². The molecule has 1 aromatic carbocycles. The topological polar surface area (TPSA) is 29.5 Å². The molecule has 2 atom stereocenters. The van der Waals surface area contributed by atoms with Crippen LogP contribution in [0.2, 0.25) is 0 Å². The number of fused-ring (bicyclic) bond motifs is 1. The Morgan fingerprint density at radius 2 is 2.06 bits per heavy atom. The maximum atomic E-state index is 10.2. The van der Waals surface area contributed by atoms with Gasteiger partial charge in [0.05, 0.1) is 6.10 Å². The van der Waals surface area contributed by atoms with E-state index in [2.05, 4.69) is 31.9 Å². The van der Waals surface area contributed by atoms with Crippen molar-refractivity contribution >= 4 is 43.2 Å². The Hall–Kier alpha value is -0.360. The van der Waals surface area contributed by atoms with Gasteiger partial charge < -0.3 is 9.84 Å². The molecule has 0 saturated carbocycles. The summed E-state index contributed by atoms with van der Waals surface area (Å²) in [6.07, 6.45) is 0.0625. The van der Waals surface area contributed by atoms with Crippen LogP contribution in [0.15, 0.2) is 38.6 Å². The Kier molecular flexibility index (Phi) is 3.49. The summed E-state index contributed by atoms with van der Waals surface area (Å²) in [7, 11) is 0. The van der Waals surface area contributed by atoms with E-state index in [1.165, 1.54) is 0 Å². The van der Waals surface area contributed by atoms with Gasteiger partial charge >= 0.3 is 0 Å². The lowest BCUT2D eigenvalue weighted by Crippen LogP contribution is -2.18. The number of benzene rings is 1. The molecule has 2 heterocycles. The molecule has 0 fully saturated rings. The van der Waals surface area contributed by atoms with Gasteiger partial charge in [-0.05, 0) is 34.1 Å². The second kappa shape index (κ2) is 4.96. The minimum absolute atomic E-state index is 0.0712. The van der Waals surface area contributed by atoms with Gasteiger partial charge in [0.1, 0.15) is 11.9 Å². The molecule has 2 nitrogen and oxygen atoms in total. The molecule has 18 heavy (non-hydrogen) atoms. The number of hydrogen-bond donors (Lipinski definition) is 1. The molecule has 1 aromatic heterocycles. The molecule has 0 amide bonds. The molecule has 3 rings (SSSR count). The van der Waals surface area contributed by atoms with Crippen LogP contribution in [0, 0.1) is 0 Å². The lowest BCUT2D eigenvalue weighted by atomic mass is 9.98. The molecule has 1 unspecified atom stereocenters. The standard InChI is InChI=1S/C13H10Br2O2S/c14-7-1-2-9-10(16)5-12(17-11(9)3-7)13-4-8(15)6-18-13/h1-4,6,10,12,16H,5H2/t10-,12?/m0/s1. The summed E-state index contributed by atoms with van der Waals surface area (Å²) >= 11 is 8.51. The van der Waals surface area contributed by atoms with Crippen LogP contribution in [0.25, 0.3) is 0 Å². The van der Waals surface area contributed by atoms with E-state index in [1.807, 2.05) is 29.6 Å². The smallest absolute Gasteiger partial charge is 0.136 e. The predicted molar refractivity (Wildman–Crippen MR) is 79.1 cm³/mol. The third kappa shape index (κ3) is 2.37. The fourth-order valence-corrected chi connectivity index (χ4v) is 3.91. The van der Waals surface area contributed by atoms with Crippen molar-refractivity contribution in [3.8, 4) is 5.75 Å². The Morgan fingerprint density at radius 3 is 2.78 bits per heavy atom. The van der Waals surface area contributed by atoms with Crippen LogP contribution < -0.4 is 4.74 Å². The first-order valence-corrected chi connectivity index (χ1v) is 7.98. The third-order valence-electron chi connectivity index (χ3n) is 2.95. The number of hydrogen-bond acceptors (Lipinski definition) is 3. The molecule has 0 radical (unpaired) electrons. The van der Waals surface area contributed by atoms with E-state index in [0.29, 0.717) is 6.42 Å². The highest BCUT2D eigenvalue weighted by molar-refractivity contribution is 9.10. The summed E-state index contributed by atoms with van der Waals surface area (Å²) in [5, 5.41) is 12.2. The summed E-state index contributed by atoms with van der Waals surface area (Å²) in [6.45, 7) is 0. The van der Waals surface area contributed by atoms with Gasteiger partial charge in [-0.1, -0.05) is 22.0 Å². The van der Waals surface area contributed by atoms with Crippen LogP contribution >= 0.6 is 43.2 Å². The molecular weight excluding hydrogens is 380 g/mol. The molecule has 5 heteroatoms. The predicted octanol–water partition coefficient (Wildman–Crippen LogP) is 4.83. The number of rotatable bonds is 1. The maximum Gasteiger partial charge on any atom is 0.136 e. The van der Waals surface area contributed by atoms with Crippen molar-refractivity contribution in [2.45, 2.75) is 18.6 Å². The zero-order valence-corrected chi connectivity index (χ0v) is 13.3. The van der Waals surface area contributed by atoms with E-state index in [9.17, 15) is 5.11 Å². The largest absolute Gasteiger partial charge is 0.484 e. The zero-order valence-electron chi connectivity index (χ0n) is 9.27. The van der Waals surface area contributed by atoms with Crippen molar-refractivity contribution in [2.24, 2.45) is 0 Å². The number of halogens is 2. The minimum atomic E-state index is -0.465. The monoisotopic (exact) mass is 388 g/mol. The first-order chi connectivity index (χ1) is 8.63. The molecule has 0 aliphatic carbocycles. The van der Waals surface area contributed by atoms with Gasteiger partial charge in [-0.25, -0.2) is 0 Å². The molecule has 0 bridgehead atoms. The van der Waals surface area contributed by atoms with Crippen LogP contribution in [0.3, 0.4) is 0 Å². The Labute approximate surface area is 126 Å². The summed E-state index contributed by atoms with van der Waals surface area (Å²) < 4.78 is 8.00. The van der Waals surface area contributed by atoms with Crippen LogP contribution in [-0.2, 0) is 0 Å². The number of thiophene rings is 1. The minimum Gasteiger partial charge on any atom is -0.484 e. The van der Waals surface area contributed by atoms with Gasteiger partial charge in [0, 0.05) is 31.2 Å². The van der Waals surface area contributed by atoms with Gasteiger partial charge in [0.15, 0.2) is 0 Å². The van der Waals surface area contributed by atoms with Crippen LogP contribution in [0.5, 0.6) is 5.75 Å². The molecule has 1 aliphatic heterocycles. The molecule has 1 N–H and O–H groups in total. The van der Waals surface area contributed by atoms with Crippen LogP contribution in [-0.4, -0.2) is 5.11 Å². The van der Waals surface area contributed by atoms with E-state index >= 15 is 0 Å². The van der Waals surface area contributed by atoms with Crippen molar-refractivity contribution in [3.05, 3.63) is 49.0 Å². The molecule has 0 saturated heterocycles. The molecular formula is C13H10Br2O2S. The molecule has 1 aliphatic rings. The fourth-order valence-electron chi connectivity index (χ4n) is 2.09. The number of ether oxygens (including phenoxy) is 1. The summed E-state index contributed by atoms with van der Waals surface area (Å²) in [5.74, 6) is 0.762. The maximum absolute atomic E-state index is 10.2. The molecule has 94 valence electrons. The SMILES string of the molecule is O[C@H]1CC(c2cc(Br)cs2)Oc2cc(Br)ccc21. The molecule has 2 aromatic rings. The quantitative estimate of drug-likeness (QED) is 0.756. The lowest BCUT2D eigenvalue weighted by Gasteiger charge is -2.29. The highest BCUT2D eigenvalue weighted by atomic mass is 79.9. The van der Waals surface area contributed by atoms with E-state index in [0.717, 1.165) is 25.1 Å². The van der Waals surface area contributed by atoms with Gasteiger partial charge in [-0.15, -0.1) is 11.3 Å². The first-order valence-electron chi connectivity index (χ1n) is 5.51. The second-order valence-electron chi connectivity index (χ2n) is 4.21. The average molecular weight is 390 g/mol. The van der Waals surface area contributed by atoms with Gasteiger partial charge in [0.2, 0.25) is 0 Å². The summed E-state index contributed by atoms with van der Waals surface area (Å²) in [5.41, 5.74) is 0.866. The summed E-state index contributed by atoms with van der Waals surface area (Å²) in [6, 6.07) is 7.79. The van der Waals surface area contributed by atoms with Gasteiger partial charge in [0.25, 0.3) is 0 Å². The van der Waals surface area contributed by atoms with Crippen molar-refractivity contribution in [3.63, 3.8) is 0 Å². The highest BCUT2D eigenvalue weighted by Crippen LogP contribution is 2.43. The Balaban J connectivity index is 1.95. The Bertz CT molecular complexity index is 582. The first kappa shape index (κ1) is 12.7. The van der Waals surface area contributed by atoms with Crippen molar-refractivity contribution in [1.29, 1.82) is 0 Å². The second-order valence-corrected chi connectivity index (χ2v) is 6.98. The number of aliphatic hydroxyl groups is 1.